The number of rotatable bonds is 2. The summed E-state index contributed by atoms with van der Waals surface area (Å²) in [5.74, 6) is 1.32. The van der Waals surface area contributed by atoms with Gasteiger partial charge in [0.2, 0.25) is 0 Å². The standard InChI is InChI=1S/C22H20N2O2S/c25-15-13-19(26-21(14-15)24-11-4-1-5-12-24)16-7-6-9-18-22(16)27-20-10-3-2-8-17(20)23-18/h2-3,6-10,13-14,23H,1,4-5,11-12H2. The van der Waals surface area contributed by atoms with Crippen LogP contribution >= 0.6 is 11.8 Å². The highest BCUT2D eigenvalue weighted by Gasteiger charge is 2.21. The number of fused-ring (bicyclic) bond motifs is 2. The average molecular weight is 376 g/mol. The quantitative estimate of drug-likeness (QED) is 0.500. The molecule has 4 nitrogen and oxygen atoms in total. The normalized spacial score (nSPS) is 15.6. The first kappa shape index (κ1) is 16.5. The van der Waals surface area contributed by atoms with Crippen molar-refractivity contribution in [2.24, 2.45) is 0 Å². The number of para-hydroxylation sites is 1. The maximum Gasteiger partial charge on any atom is 0.199 e. The zero-order valence-corrected chi connectivity index (χ0v) is 15.7. The van der Waals surface area contributed by atoms with E-state index in [1.807, 2.05) is 24.3 Å². The summed E-state index contributed by atoms with van der Waals surface area (Å²) in [6.07, 6.45) is 3.53. The number of nitrogens with zero attached hydrogens (tertiary/aromatic N) is 1. The first-order chi connectivity index (χ1) is 13.3. The zero-order valence-electron chi connectivity index (χ0n) is 14.9. The molecule has 2 aliphatic heterocycles. The van der Waals surface area contributed by atoms with Crippen LogP contribution in [-0.2, 0) is 0 Å². The fourth-order valence-electron chi connectivity index (χ4n) is 3.72. The molecule has 136 valence electrons. The number of piperidine rings is 1. The number of nitrogens with one attached hydrogen (secondary N) is 1. The molecule has 1 N–H and O–H groups in total. The van der Waals surface area contributed by atoms with E-state index >= 15 is 0 Å². The SMILES string of the molecule is O=c1cc(-c2cccc3c2Sc2ccccc2N3)oc(N2CCCCC2)c1. The Hall–Kier alpha value is -2.66. The predicted molar refractivity (Wildman–Crippen MR) is 110 cm³/mol. The Bertz CT molecular complexity index is 1050. The molecule has 0 unspecified atom stereocenters. The van der Waals surface area contributed by atoms with E-state index in [1.54, 1.807) is 23.9 Å². The summed E-state index contributed by atoms with van der Waals surface area (Å²) < 4.78 is 6.22. The molecule has 3 aromatic rings. The van der Waals surface area contributed by atoms with Gasteiger partial charge in [0.15, 0.2) is 11.3 Å². The van der Waals surface area contributed by atoms with Gasteiger partial charge in [0, 0.05) is 40.6 Å². The van der Waals surface area contributed by atoms with Gasteiger partial charge in [0.1, 0.15) is 5.76 Å². The molecule has 0 aliphatic carbocycles. The lowest BCUT2D eigenvalue weighted by molar-refractivity contribution is 0.497. The van der Waals surface area contributed by atoms with Crippen molar-refractivity contribution in [2.75, 3.05) is 23.3 Å². The lowest BCUT2D eigenvalue weighted by Crippen LogP contribution is -2.30. The van der Waals surface area contributed by atoms with Gasteiger partial charge in [-0.1, -0.05) is 30.0 Å². The van der Waals surface area contributed by atoms with Gasteiger partial charge in [-0.2, -0.15) is 0 Å². The van der Waals surface area contributed by atoms with Crippen LogP contribution < -0.4 is 15.6 Å². The zero-order chi connectivity index (χ0) is 18.2. The summed E-state index contributed by atoms with van der Waals surface area (Å²) >= 11 is 1.71. The first-order valence-electron chi connectivity index (χ1n) is 9.35. The van der Waals surface area contributed by atoms with E-state index in [4.69, 9.17) is 4.42 Å². The molecule has 5 rings (SSSR count). The summed E-state index contributed by atoms with van der Waals surface area (Å²) in [4.78, 5) is 16.8. The van der Waals surface area contributed by atoms with Crippen molar-refractivity contribution >= 4 is 29.0 Å². The molecular formula is C22H20N2O2S. The molecular weight excluding hydrogens is 356 g/mol. The highest BCUT2D eigenvalue weighted by Crippen LogP contribution is 2.48. The van der Waals surface area contributed by atoms with Crippen molar-refractivity contribution in [3.63, 3.8) is 0 Å². The second-order valence-electron chi connectivity index (χ2n) is 6.95. The number of hydrogen-bond acceptors (Lipinski definition) is 5. The molecule has 2 aromatic carbocycles. The van der Waals surface area contributed by atoms with Crippen LogP contribution in [0, 0.1) is 0 Å². The van der Waals surface area contributed by atoms with Crippen LogP contribution in [0.3, 0.4) is 0 Å². The highest BCUT2D eigenvalue weighted by molar-refractivity contribution is 8.00. The molecule has 2 aliphatic rings. The molecule has 0 radical (unpaired) electrons. The van der Waals surface area contributed by atoms with Crippen LogP contribution in [0.15, 0.2) is 73.6 Å². The van der Waals surface area contributed by atoms with Crippen LogP contribution in [0.25, 0.3) is 11.3 Å². The Morgan fingerprint density at radius 3 is 2.63 bits per heavy atom. The van der Waals surface area contributed by atoms with Crippen molar-refractivity contribution in [3.05, 3.63) is 64.8 Å². The Morgan fingerprint density at radius 2 is 1.74 bits per heavy atom. The van der Waals surface area contributed by atoms with Crippen molar-refractivity contribution in [1.82, 2.24) is 0 Å². The predicted octanol–water partition coefficient (Wildman–Crippen LogP) is 5.51. The molecule has 1 saturated heterocycles. The van der Waals surface area contributed by atoms with Crippen LogP contribution in [0.4, 0.5) is 17.3 Å². The fraction of sp³-hybridized carbons (Fsp3) is 0.227. The van der Waals surface area contributed by atoms with Crippen molar-refractivity contribution in [3.8, 4) is 11.3 Å². The third kappa shape index (κ3) is 3.12. The van der Waals surface area contributed by atoms with E-state index in [0.717, 1.165) is 47.8 Å². The minimum absolute atomic E-state index is 0.0106. The van der Waals surface area contributed by atoms with E-state index in [2.05, 4.69) is 28.4 Å². The maximum atomic E-state index is 12.4. The Labute approximate surface area is 162 Å². The average Bonchev–Trinajstić information content (AvgIpc) is 2.72. The summed E-state index contributed by atoms with van der Waals surface area (Å²) in [6, 6.07) is 17.6. The smallest absolute Gasteiger partial charge is 0.199 e. The second-order valence-corrected chi connectivity index (χ2v) is 8.00. The van der Waals surface area contributed by atoms with Gasteiger partial charge in [-0.25, -0.2) is 0 Å². The van der Waals surface area contributed by atoms with Crippen molar-refractivity contribution in [1.29, 1.82) is 0 Å². The lowest BCUT2D eigenvalue weighted by Gasteiger charge is -2.27. The van der Waals surface area contributed by atoms with Gasteiger partial charge in [-0.15, -0.1) is 0 Å². The van der Waals surface area contributed by atoms with E-state index in [-0.39, 0.29) is 5.43 Å². The molecule has 0 saturated carbocycles. The molecule has 27 heavy (non-hydrogen) atoms. The van der Waals surface area contributed by atoms with Gasteiger partial charge < -0.3 is 14.6 Å². The monoisotopic (exact) mass is 376 g/mol. The van der Waals surface area contributed by atoms with Crippen LogP contribution in [-0.4, -0.2) is 13.1 Å². The van der Waals surface area contributed by atoms with E-state index in [9.17, 15) is 4.79 Å². The van der Waals surface area contributed by atoms with E-state index < -0.39 is 0 Å². The lowest BCUT2D eigenvalue weighted by atomic mass is 10.1. The minimum Gasteiger partial charge on any atom is -0.440 e. The topological polar surface area (TPSA) is 45.5 Å². The van der Waals surface area contributed by atoms with Crippen molar-refractivity contribution < 1.29 is 4.42 Å². The van der Waals surface area contributed by atoms with Gasteiger partial charge in [0.05, 0.1) is 11.4 Å². The Balaban J connectivity index is 1.58. The molecule has 0 atom stereocenters. The third-order valence-electron chi connectivity index (χ3n) is 5.07. The highest BCUT2D eigenvalue weighted by atomic mass is 32.2. The Kier molecular flexibility index (Phi) is 4.17. The molecule has 3 heterocycles. The maximum absolute atomic E-state index is 12.4. The van der Waals surface area contributed by atoms with Crippen LogP contribution in [0.2, 0.25) is 0 Å². The van der Waals surface area contributed by atoms with Gasteiger partial charge in [0.25, 0.3) is 0 Å². The molecule has 0 bridgehead atoms. The van der Waals surface area contributed by atoms with Crippen molar-refractivity contribution in [2.45, 2.75) is 29.1 Å². The fourth-order valence-corrected chi connectivity index (χ4v) is 4.82. The molecule has 0 spiro atoms. The van der Waals surface area contributed by atoms with E-state index in [0.29, 0.717) is 11.6 Å². The first-order valence-corrected chi connectivity index (χ1v) is 10.2. The summed E-state index contributed by atoms with van der Waals surface area (Å²) in [5, 5.41) is 3.49. The molecule has 0 amide bonds. The van der Waals surface area contributed by atoms with Gasteiger partial charge >= 0.3 is 0 Å². The number of benzene rings is 2. The summed E-state index contributed by atoms with van der Waals surface area (Å²) in [5.41, 5.74) is 3.09. The summed E-state index contributed by atoms with van der Waals surface area (Å²) in [6.45, 7) is 1.89. The largest absolute Gasteiger partial charge is 0.440 e. The van der Waals surface area contributed by atoms with Crippen LogP contribution in [0.5, 0.6) is 0 Å². The van der Waals surface area contributed by atoms with Gasteiger partial charge in [-0.3, -0.25) is 4.79 Å². The Morgan fingerprint density at radius 1 is 0.926 bits per heavy atom. The minimum atomic E-state index is -0.0106. The molecule has 1 fully saturated rings. The molecule has 5 heteroatoms. The third-order valence-corrected chi connectivity index (χ3v) is 6.29. The number of hydrogen-bond donors (Lipinski definition) is 1. The second kappa shape index (κ2) is 6.82. The van der Waals surface area contributed by atoms with E-state index in [1.165, 1.54) is 11.3 Å². The summed E-state index contributed by atoms with van der Waals surface area (Å²) in [7, 11) is 0. The van der Waals surface area contributed by atoms with Gasteiger partial charge in [-0.05, 0) is 43.5 Å². The molecule has 1 aromatic heterocycles. The van der Waals surface area contributed by atoms with Crippen LogP contribution in [0.1, 0.15) is 19.3 Å². The number of anilines is 3.